The highest BCUT2D eigenvalue weighted by Gasteiger charge is 2.22. The number of hydrogen-bond acceptors (Lipinski definition) is 4. The van der Waals surface area contributed by atoms with Gasteiger partial charge in [0.05, 0.1) is 13.6 Å². The molecule has 1 aliphatic carbocycles. The second kappa shape index (κ2) is 5.59. The SMILES string of the molecule is Cn1nnc(CNCC2CCCCC2Cl)n1. The number of hydrogen-bond donors (Lipinski definition) is 1. The highest BCUT2D eigenvalue weighted by atomic mass is 35.5. The van der Waals surface area contributed by atoms with Crippen LogP contribution in [0.25, 0.3) is 0 Å². The van der Waals surface area contributed by atoms with Crippen LogP contribution in [-0.4, -0.2) is 32.1 Å². The molecule has 6 heteroatoms. The van der Waals surface area contributed by atoms with E-state index in [0.717, 1.165) is 18.8 Å². The van der Waals surface area contributed by atoms with Gasteiger partial charge in [-0.25, -0.2) is 0 Å². The summed E-state index contributed by atoms with van der Waals surface area (Å²) in [7, 11) is 1.77. The Morgan fingerprint density at radius 3 is 2.94 bits per heavy atom. The lowest BCUT2D eigenvalue weighted by atomic mass is 9.89. The van der Waals surface area contributed by atoms with Crippen LogP contribution in [0, 0.1) is 5.92 Å². The summed E-state index contributed by atoms with van der Waals surface area (Å²) in [5, 5.41) is 15.5. The Labute approximate surface area is 101 Å². The monoisotopic (exact) mass is 243 g/mol. The van der Waals surface area contributed by atoms with Crippen LogP contribution >= 0.6 is 11.6 Å². The molecule has 1 aromatic rings. The number of tetrazole rings is 1. The highest BCUT2D eigenvalue weighted by molar-refractivity contribution is 6.20. The van der Waals surface area contributed by atoms with Gasteiger partial charge in [0.25, 0.3) is 0 Å². The largest absolute Gasteiger partial charge is 0.309 e. The third-order valence-electron chi connectivity index (χ3n) is 3.06. The normalized spacial score (nSPS) is 25.9. The lowest BCUT2D eigenvalue weighted by Crippen LogP contribution is -2.31. The van der Waals surface area contributed by atoms with Crippen molar-refractivity contribution in [3.63, 3.8) is 0 Å². The summed E-state index contributed by atoms with van der Waals surface area (Å²) in [6.07, 6.45) is 4.96. The molecule has 1 N–H and O–H groups in total. The maximum atomic E-state index is 6.28. The van der Waals surface area contributed by atoms with E-state index in [1.807, 2.05) is 0 Å². The molecule has 2 rings (SSSR count). The number of nitrogens with zero attached hydrogens (tertiary/aromatic N) is 4. The van der Waals surface area contributed by atoms with Crippen molar-refractivity contribution in [3.8, 4) is 0 Å². The molecule has 1 aromatic heterocycles. The van der Waals surface area contributed by atoms with Crippen LogP contribution in [0.1, 0.15) is 31.5 Å². The van der Waals surface area contributed by atoms with Crippen LogP contribution < -0.4 is 5.32 Å². The Balaban J connectivity index is 1.71. The van der Waals surface area contributed by atoms with Crippen molar-refractivity contribution in [1.29, 1.82) is 0 Å². The average Bonchev–Trinajstić information content (AvgIpc) is 2.67. The highest BCUT2D eigenvalue weighted by Crippen LogP contribution is 2.27. The van der Waals surface area contributed by atoms with Crippen LogP contribution in [0.2, 0.25) is 0 Å². The van der Waals surface area contributed by atoms with E-state index in [2.05, 4.69) is 20.7 Å². The number of halogens is 1. The first-order chi connectivity index (χ1) is 7.75. The van der Waals surface area contributed by atoms with Crippen molar-refractivity contribution >= 4 is 11.6 Å². The summed E-state index contributed by atoms with van der Waals surface area (Å²) >= 11 is 6.28. The maximum Gasteiger partial charge on any atom is 0.188 e. The van der Waals surface area contributed by atoms with Gasteiger partial charge in [0.2, 0.25) is 0 Å². The predicted octanol–water partition coefficient (Wildman–Crippen LogP) is 1.10. The lowest BCUT2D eigenvalue weighted by molar-refractivity contribution is 0.347. The number of nitrogens with one attached hydrogen (secondary N) is 1. The molecule has 0 amide bonds. The molecule has 2 unspecified atom stereocenters. The molecule has 0 radical (unpaired) electrons. The van der Waals surface area contributed by atoms with Gasteiger partial charge in [0, 0.05) is 5.38 Å². The Morgan fingerprint density at radius 2 is 2.25 bits per heavy atom. The summed E-state index contributed by atoms with van der Waals surface area (Å²) < 4.78 is 0. The third-order valence-corrected chi connectivity index (χ3v) is 3.63. The summed E-state index contributed by atoms with van der Waals surface area (Å²) in [5.74, 6) is 1.33. The van der Waals surface area contributed by atoms with Gasteiger partial charge in [-0.3, -0.25) is 0 Å². The Hall–Kier alpha value is -0.680. The fraction of sp³-hybridized carbons (Fsp3) is 0.900. The van der Waals surface area contributed by atoms with E-state index >= 15 is 0 Å². The molecular formula is C10H18ClN5. The summed E-state index contributed by atoms with van der Waals surface area (Å²) in [6, 6.07) is 0. The zero-order valence-electron chi connectivity index (χ0n) is 9.56. The standard InChI is InChI=1S/C10H18ClN5/c1-16-14-10(13-15-16)7-12-6-8-4-2-3-5-9(8)11/h8-9,12H,2-7H2,1H3. The third kappa shape index (κ3) is 3.15. The van der Waals surface area contributed by atoms with Crippen LogP contribution in [0.15, 0.2) is 0 Å². The van der Waals surface area contributed by atoms with Crippen molar-refractivity contribution < 1.29 is 0 Å². The molecule has 0 saturated heterocycles. The first kappa shape index (κ1) is 11.8. The van der Waals surface area contributed by atoms with E-state index < -0.39 is 0 Å². The molecule has 5 nitrogen and oxygen atoms in total. The van der Waals surface area contributed by atoms with Gasteiger partial charge in [0.15, 0.2) is 5.82 Å². The Kier molecular flexibility index (Phi) is 4.12. The van der Waals surface area contributed by atoms with E-state index in [4.69, 9.17) is 11.6 Å². The Bertz CT molecular complexity index is 327. The van der Waals surface area contributed by atoms with Gasteiger partial charge < -0.3 is 5.32 Å². The summed E-state index contributed by atoms with van der Waals surface area (Å²) in [5.41, 5.74) is 0. The lowest BCUT2D eigenvalue weighted by Gasteiger charge is -2.26. The minimum absolute atomic E-state index is 0.330. The van der Waals surface area contributed by atoms with Crippen LogP contribution in [-0.2, 0) is 13.6 Å². The molecule has 16 heavy (non-hydrogen) atoms. The van der Waals surface area contributed by atoms with Crippen molar-refractivity contribution in [2.75, 3.05) is 6.54 Å². The molecule has 0 bridgehead atoms. The number of aryl methyl sites for hydroxylation is 1. The molecule has 1 aliphatic rings. The quantitative estimate of drug-likeness (QED) is 0.805. The molecule has 2 atom stereocenters. The van der Waals surface area contributed by atoms with Gasteiger partial charge >= 0.3 is 0 Å². The molecule has 1 heterocycles. The van der Waals surface area contributed by atoms with E-state index in [1.54, 1.807) is 7.05 Å². The van der Waals surface area contributed by atoms with Gasteiger partial charge in [-0.05, 0) is 30.5 Å². The fourth-order valence-corrected chi connectivity index (χ4v) is 2.53. The predicted molar refractivity (Wildman–Crippen MR) is 62.1 cm³/mol. The Morgan fingerprint density at radius 1 is 1.44 bits per heavy atom. The number of alkyl halides is 1. The van der Waals surface area contributed by atoms with E-state index in [0.29, 0.717) is 17.8 Å². The molecule has 0 aromatic carbocycles. The van der Waals surface area contributed by atoms with Crippen LogP contribution in [0.4, 0.5) is 0 Å². The molecule has 1 fully saturated rings. The molecule has 0 spiro atoms. The fourth-order valence-electron chi connectivity index (χ4n) is 2.16. The average molecular weight is 244 g/mol. The minimum atomic E-state index is 0.330. The number of rotatable bonds is 4. The molecular weight excluding hydrogens is 226 g/mol. The first-order valence-electron chi connectivity index (χ1n) is 5.83. The van der Waals surface area contributed by atoms with Gasteiger partial charge in [-0.15, -0.1) is 21.8 Å². The minimum Gasteiger partial charge on any atom is -0.309 e. The van der Waals surface area contributed by atoms with Gasteiger partial charge in [-0.1, -0.05) is 12.8 Å². The molecule has 1 saturated carbocycles. The zero-order valence-corrected chi connectivity index (χ0v) is 10.3. The van der Waals surface area contributed by atoms with E-state index in [-0.39, 0.29) is 0 Å². The van der Waals surface area contributed by atoms with Crippen molar-refractivity contribution in [1.82, 2.24) is 25.5 Å². The van der Waals surface area contributed by atoms with E-state index in [9.17, 15) is 0 Å². The van der Waals surface area contributed by atoms with Crippen molar-refractivity contribution in [2.24, 2.45) is 13.0 Å². The molecule has 0 aliphatic heterocycles. The zero-order chi connectivity index (χ0) is 11.4. The topological polar surface area (TPSA) is 55.6 Å². The summed E-state index contributed by atoms with van der Waals surface area (Å²) in [4.78, 5) is 1.47. The van der Waals surface area contributed by atoms with E-state index in [1.165, 1.54) is 24.1 Å². The van der Waals surface area contributed by atoms with Gasteiger partial charge in [0.1, 0.15) is 0 Å². The summed E-state index contributed by atoms with van der Waals surface area (Å²) in [6.45, 7) is 1.63. The van der Waals surface area contributed by atoms with Gasteiger partial charge in [-0.2, -0.15) is 4.80 Å². The smallest absolute Gasteiger partial charge is 0.188 e. The first-order valence-corrected chi connectivity index (χ1v) is 6.27. The second-order valence-corrected chi connectivity index (χ2v) is 4.95. The van der Waals surface area contributed by atoms with Crippen molar-refractivity contribution in [2.45, 2.75) is 37.6 Å². The van der Waals surface area contributed by atoms with Crippen LogP contribution in [0.3, 0.4) is 0 Å². The number of aromatic nitrogens is 4. The van der Waals surface area contributed by atoms with Crippen molar-refractivity contribution in [3.05, 3.63) is 5.82 Å². The van der Waals surface area contributed by atoms with Crippen LogP contribution in [0.5, 0.6) is 0 Å². The molecule has 90 valence electrons. The maximum absolute atomic E-state index is 6.28. The second-order valence-electron chi connectivity index (χ2n) is 4.39.